The molecule has 22 heavy (non-hydrogen) atoms. The van der Waals surface area contributed by atoms with E-state index in [0.29, 0.717) is 6.42 Å². The fourth-order valence-electron chi connectivity index (χ4n) is 2.53. The van der Waals surface area contributed by atoms with Crippen LogP contribution in [0.5, 0.6) is 0 Å². The molecule has 0 bridgehead atoms. The standard InChI is InChI=1S/C17H28O5/c1-8-16(5,6)10-17(7,15(2,3)4)14(20)21-11-9-12(18)22-13(11)19/h11H,8-10H2,1-7H3. The van der Waals surface area contributed by atoms with Gasteiger partial charge in [-0.25, -0.2) is 4.79 Å². The largest absolute Gasteiger partial charge is 0.449 e. The van der Waals surface area contributed by atoms with Crippen LogP contribution in [-0.2, 0) is 23.9 Å². The molecule has 0 aromatic rings. The third-order valence-corrected chi connectivity index (χ3v) is 4.97. The van der Waals surface area contributed by atoms with E-state index in [1.54, 1.807) is 0 Å². The molecule has 0 aliphatic carbocycles. The molecule has 0 aromatic carbocycles. The minimum absolute atomic E-state index is 0.0347. The molecule has 2 unspecified atom stereocenters. The Morgan fingerprint density at radius 2 is 1.73 bits per heavy atom. The van der Waals surface area contributed by atoms with Gasteiger partial charge in [0.15, 0.2) is 0 Å². The van der Waals surface area contributed by atoms with Crippen LogP contribution in [0.1, 0.15) is 67.7 Å². The second kappa shape index (κ2) is 6.01. The van der Waals surface area contributed by atoms with Crippen LogP contribution in [0, 0.1) is 16.2 Å². The number of esters is 3. The molecule has 0 saturated carbocycles. The summed E-state index contributed by atoms with van der Waals surface area (Å²) in [7, 11) is 0. The minimum atomic E-state index is -1.11. The fraction of sp³-hybridized carbons (Fsp3) is 0.824. The van der Waals surface area contributed by atoms with E-state index >= 15 is 0 Å². The first-order valence-corrected chi connectivity index (χ1v) is 7.78. The summed E-state index contributed by atoms with van der Waals surface area (Å²) < 4.78 is 9.78. The van der Waals surface area contributed by atoms with Crippen molar-refractivity contribution in [1.29, 1.82) is 0 Å². The van der Waals surface area contributed by atoms with E-state index in [0.717, 1.165) is 6.42 Å². The Balaban J connectivity index is 3.00. The van der Waals surface area contributed by atoms with Crippen molar-refractivity contribution in [3.63, 3.8) is 0 Å². The van der Waals surface area contributed by atoms with Crippen molar-refractivity contribution in [3.05, 3.63) is 0 Å². The molecule has 2 atom stereocenters. The first-order valence-electron chi connectivity index (χ1n) is 7.78. The normalized spacial score (nSPS) is 22.2. The van der Waals surface area contributed by atoms with E-state index in [1.165, 1.54) is 0 Å². The van der Waals surface area contributed by atoms with Crippen LogP contribution >= 0.6 is 0 Å². The van der Waals surface area contributed by atoms with Gasteiger partial charge in [-0.05, 0) is 24.2 Å². The molecule has 1 heterocycles. The number of cyclic esters (lactones) is 2. The summed E-state index contributed by atoms with van der Waals surface area (Å²) in [6.07, 6.45) is 0.262. The molecule has 126 valence electrons. The Morgan fingerprint density at radius 1 is 1.18 bits per heavy atom. The Labute approximate surface area is 132 Å². The van der Waals surface area contributed by atoms with Crippen molar-refractivity contribution in [2.45, 2.75) is 73.8 Å². The van der Waals surface area contributed by atoms with Gasteiger partial charge in [-0.2, -0.15) is 0 Å². The van der Waals surface area contributed by atoms with Gasteiger partial charge < -0.3 is 9.47 Å². The average Bonchev–Trinajstić information content (AvgIpc) is 2.65. The second-order valence-electron chi connectivity index (χ2n) is 8.17. The first kappa shape index (κ1) is 18.7. The molecule has 0 amide bonds. The predicted molar refractivity (Wildman–Crippen MR) is 81.8 cm³/mol. The Hall–Kier alpha value is -1.39. The van der Waals surface area contributed by atoms with Gasteiger partial charge in [0.1, 0.15) is 0 Å². The SMILES string of the molecule is CCC(C)(C)CC(C)(C(=O)OC1CC(=O)OC1=O)C(C)(C)C. The lowest BCUT2D eigenvalue weighted by atomic mass is 9.60. The third kappa shape index (κ3) is 3.87. The van der Waals surface area contributed by atoms with E-state index < -0.39 is 29.4 Å². The number of carbonyl (C=O) groups is 3. The maximum atomic E-state index is 12.8. The van der Waals surface area contributed by atoms with Crippen molar-refractivity contribution in [2.75, 3.05) is 0 Å². The number of hydrogen-bond donors (Lipinski definition) is 0. The Morgan fingerprint density at radius 3 is 2.09 bits per heavy atom. The summed E-state index contributed by atoms with van der Waals surface area (Å²) in [5, 5.41) is 0. The minimum Gasteiger partial charge on any atom is -0.449 e. The van der Waals surface area contributed by atoms with Crippen LogP contribution < -0.4 is 0 Å². The molecule has 1 fully saturated rings. The van der Waals surface area contributed by atoms with E-state index in [-0.39, 0.29) is 17.3 Å². The summed E-state index contributed by atoms with van der Waals surface area (Å²) in [6, 6.07) is 0. The van der Waals surface area contributed by atoms with E-state index in [2.05, 4.69) is 25.5 Å². The zero-order valence-corrected chi connectivity index (χ0v) is 14.7. The molecule has 5 nitrogen and oxygen atoms in total. The van der Waals surface area contributed by atoms with Crippen molar-refractivity contribution in [1.82, 2.24) is 0 Å². The molecule has 0 spiro atoms. The molecule has 0 aromatic heterocycles. The summed E-state index contributed by atoms with van der Waals surface area (Å²) in [4.78, 5) is 35.4. The predicted octanol–water partition coefficient (Wildman–Crippen LogP) is 3.25. The number of rotatable bonds is 5. The van der Waals surface area contributed by atoms with Crippen LogP contribution in [0.4, 0.5) is 0 Å². The number of ether oxygens (including phenoxy) is 2. The van der Waals surface area contributed by atoms with Crippen LogP contribution in [-0.4, -0.2) is 24.0 Å². The molecule has 0 radical (unpaired) electrons. The van der Waals surface area contributed by atoms with Crippen LogP contribution in [0.25, 0.3) is 0 Å². The van der Waals surface area contributed by atoms with Crippen molar-refractivity contribution >= 4 is 17.9 Å². The highest BCUT2D eigenvalue weighted by atomic mass is 16.6. The maximum absolute atomic E-state index is 12.8. The quantitative estimate of drug-likeness (QED) is 0.575. The van der Waals surface area contributed by atoms with Gasteiger partial charge in [0.25, 0.3) is 0 Å². The lowest BCUT2D eigenvalue weighted by molar-refractivity contribution is -0.175. The Bertz CT molecular complexity index is 472. The highest BCUT2D eigenvalue weighted by Gasteiger charge is 2.50. The lowest BCUT2D eigenvalue weighted by Crippen LogP contribution is -2.46. The van der Waals surface area contributed by atoms with Gasteiger partial charge in [-0.15, -0.1) is 0 Å². The molecule has 1 saturated heterocycles. The molecular weight excluding hydrogens is 284 g/mol. The second-order valence-corrected chi connectivity index (χ2v) is 8.17. The molecule has 1 rings (SSSR count). The van der Waals surface area contributed by atoms with Crippen molar-refractivity contribution in [2.24, 2.45) is 16.2 Å². The zero-order chi connectivity index (χ0) is 17.3. The van der Waals surface area contributed by atoms with Gasteiger partial charge in [-0.1, -0.05) is 48.0 Å². The smallest absolute Gasteiger partial charge is 0.355 e. The highest BCUT2D eigenvalue weighted by molar-refractivity contribution is 5.97. The molecule has 5 heteroatoms. The van der Waals surface area contributed by atoms with E-state index in [4.69, 9.17) is 4.74 Å². The lowest BCUT2D eigenvalue weighted by Gasteiger charge is -2.44. The molecule has 1 aliphatic rings. The van der Waals surface area contributed by atoms with Gasteiger partial charge in [0, 0.05) is 0 Å². The summed E-state index contributed by atoms with van der Waals surface area (Å²) >= 11 is 0. The topological polar surface area (TPSA) is 69.7 Å². The summed E-state index contributed by atoms with van der Waals surface area (Å²) in [6.45, 7) is 14.1. The van der Waals surface area contributed by atoms with Crippen LogP contribution in [0.2, 0.25) is 0 Å². The summed E-state index contributed by atoms with van der Waals surface area (Å²) in [5.41, 5.74) is -1.14. The van der Waals surface area contributed by atoms with Crippen LogP contribution in [0.3, 0.4) is 0 Å². The third-order valence-electron chi connectivity index (χ3n) is 4.97. The van der Waals surface area contributed by atoms with Gasteiger partial charge in [0.2, 0.25) is 6.10 Å². The van der Waals surface area contributed by atoms with E-state index in [1.807, 2.05) is 27.7 Å². The zero-order valence-electron chi connectivity index (χ0n) is 14.7. The maximum Gasteiger partial charge on any atom is 0.355 e. The van der Waals surface area contributed by atoms with Gasteiger partial charge in [0.05, 0.1) is 11.8 Å². The molecule has 0 N–H and O–H groups in total. The molecule has 1 aliphatic heterocycles. The first-order chi connectivity index (χ1) is 9.82. The Kier molecular flexibility index (Phi) is 5.10. The van der Waals surface area contributed by atoms with E-state index in [9.17, 15) is 14.4 Å². The average molecular weight is 312 g/mol. The highest BCUT2D eigenvalue weighted by Crippen LogP contribution is 2.48. The van der Waals surface area contributed by atoms with Gasteiger partial charge in [-0.3, -0.25) is 9.59 Å². The van der Waals surface area contributed by atoms with Crippen LogP contribution in [0.15, 0.2) is 0 Å². The van der Waals surface area contributed by atoms with Crippen molar-refractivity contribution < 1.29 is 23.9 Å². The van der Waals surface area contributed by atoms with Crippen molar-refractivity contribution in [3.8, 4) is 0 Å². The fourth-order valence-corrected chi connectivity index (χ4v) is 2.53. The van der Waals surface area contributed by atoms with Gasteiger partial charge >= 0.3 is 17.9 Å². The monoisotopic (exact) mass is 312 g/mol. The number of hydrogen-bond acceptors (Lipinski definition) is 5. The molecular formula is C17H28O5. The number of carbonyl (C=O) groups excluding carboxylic acids is 3. The summed E-state index contributed by atoms with van der Waals surface area (Å²) in [5.74, 6) is -1.86.